The lowest BCUT2D eigenvalue weighted by molar-refractivity contribution is -0.384. The molecule has 1 heterocycles. The number of nitrogens with zero attached hydrogens (tertiary/aromatic N) is 1. The summed E-state index contributed by atoms with van der Waals surface area (Å²) in [5.74, 6) is -0.201. The van der Waals surface area contributed by atoms with Gasteiger partial charge in [-0.05, 0) is 30.3 Å². The number of rotatable bonds is 5. The number of anilines is 1. The van der Waals surface area contributed by atoms with Crippen LogP contribution < -0.4 is 15.7 Å². The quantitative estimate of drug-likeness (QED) is 0.434. The summed E-state index contributed by atoms with van der Waals surface area (Å²) >= 11 is 0. The van der Waals surface area contributed by atoms with Crippen LogP contribution in [0.25, 0.3) is 11.0 Å². The molecule has 1 N–H and O–H groups in total. The standard InChI is InChI=1S/C17H12N2O6/c20-16(10-24-14-3-1-2-13(9-14)19(22)23)18-12-5-6-15-11(8-12)4-7-17(21)25-15/h1-9H,10H2,(H,18,20). The zero-order valence-electron chi connectivity index (χ0n) is 12.8. The first kappa shape index (κ1) is 16.2. The molecule has 1 aromatic heterocycles. The topological polar surface area (TPSA) is 112 Å². The number of nitro groups is 1. The molecule has 1 amide bonds. The van der Waals surface area contributed by atoms with Crippen LogP contribution in [0, 0.1) is 10.1 Å². The molecule has 0 aliphatic heterocycles. The van der Waals surface area contributed by atoms with Crippen LogP contribution in [-0.2, 0) is 4.79 Å². The van der Waals surface area contributed by atoms with Crippen LogP contribution in [0.5, 0.6) is 5.75 Å². The normalized spacial score (nSPS) is 10.4. The van der Waals surface area contributed by atoms with Gasteiger partial charge in [-0.2, -0.15) is 0 Å². The Morgan fingerprint density at radius 2 is 2.00 bits per heavy atom. The highest BCUT2D eigenvalue weighted by atomic mass is 16.6. The van der Waals surface area contributed by atoms with Crippen molar-refractivity contribution < 1.29 is 18.9 Å². The van der Waals surface area contributed by atoms with Gasteiger partial charge in [0.05, 0.1) is 11.0 Å². The molecule has 0 saturated heterocycles. The Hall–Kier alpha value is -3.68. The summed E-state index contributed by atoms with van der Waals surface area (Å²) in [5, 5.41) is 14.0. The molecule has 0 fully saturated rings. The van der Waals surface area contributed by atoms with Gasteiger partial charge in [0.1, 0.15) is 11.3 Å². The molecular weight excluding hydrogens is 328 g/mol. The number of amides is 1. The van der Waals surface area contributed by atoms with Crippen molar-refractivity contribution in [3.8, 4) is 5.75 Å². The van der Waals surface area contributed by atoms with Gasteiger partial charge in [0, 0.05) is 23.2 Å². The molecule has 0 spiro atoms. The van der Waals surface area contributed by atoms with Crippen molar-refractivity contribution in [3.05, 3.63) is 75.1 Å². The van der Waals surface area contributed by atoms with E-state index in [1.165, 1.54) is 30.3 Å². The minimum absolute atomic E-state index is 0.117. The highest BCUT2D eigenvalue weighted by molar-refractivity contribution is 5.94. The number of fused-ring (bicyclic) bond motifs is 1. The van der Waals surface area contributed by atoms with Gasteiger partial charge in [-0.25, -0.2) is 4.79 Å². The molecule has 0 atom stereocenters. The Balaban J connectivity index is 1.64. The lowest BCUT2D eigenvalue weighted by Gasteiger charge is -2.08. The van der Waals surface area contributed by atoms with E-state index in [1.54, 1.807) is 24.3 Å². The fourth-order valence-corrected chi connectivity index (χ4v) is 2.18. The number of hydrogen-bond acceptors (Lipinski definition) is 6. The Morgan fingerprint density at radius 3 is 2.80 bits per heavy atom. The van der Waals surface area contributed by atoms with Crippen molar-refractivity contribution in [3.63, 3.8) is 0 Å². The molecule has 0 radical (unpaired) electrons. The Bertz CT molecular complexity index is 1010. The molecule has 126 valence electrons. The maximum Gasteiger partial charge on any atom is 0.336 e. The summed E-state index contributed by atoms with van der Waals surface area (Å²) in [4.78, 5) is 33.3. The number of nitrogens with one attached hydrogen (secondary N) is 1. The monoisotopic (exact) mass is 340 g/mol. The van der Waals surface area contributed by atoms with Gasteiger partial charge in [0.25, 0.3) is 11.6 Å². The van der Waals surface area contributed by atoms with Crippen molar-refractivity contribution in [1.82, 2.24) is 0 Å². The number of non-ortho nitro benzene ring substituents is 1. The molecule has 8 heteroatoms. The van der Waals surface area contributed by atoms with Crippen molar-refractivity contribution in [1.29, 1.82) is 0 Å². The average Bonchev–Trinajstić information content (AvgIpc) is 2.60. The second-order valence-electron chi connectivity index (χ2n) is 5.10. The first-order chi connectivity index (χ1) is 12.0. The van der Waals surface area contributed by atoms with Crippen LogP contribution in [-0.4, -0.2) is 17.4 Å². The first-order valence-corrected chi connectivity index (χ1v) is 7.22. The van der Waals surface area contributed by atoms with E-state index in [0.717, 1.165) is 0 Å². The van der Waals surface area contributed by atoms with E-state index < -0.39 is 16.5 Å². The summed E-state index contributed by atoms with van der Waals surface area (Å²) in [7, 11) is 0. The van der Waals surface area contributed by atoms with Gasteiger partial charge in [0.15, 0.2) is 6.61 Å². The molecule has 2 aromatic carbocycles. The first-order valence-electron chi connectivity index (χ1n) is 7.22. The molecule has 3 rings (SSSR count). The molecule has 25 heavy (non-hydrogen) atoms. The molecule has 8 nitrogen and oxygen atoms in total. The highest BCUT2D eigenvalue weighted by Crippen LogP contribution is 2.20. The van der Waals surface area contributed by atoms with E-state index in [2.05, 4.69) is 5.32 Å². The van der Waals surface area contributed by atoms with E-state index in [1.807, 2.05) is 0 Å². The van der Waals surface area contributed by atoms with Crippen molar-refractivity contribution in [2.24, 2.45) is 0 Å². The van der Waals surface area contributed by atoms with E-state index in [0.29, 0.717) is 16.7 Å². The minimum Gasteiger partial charge on any atom is -0.484 e. The van der Waals surface area contributed by atoms with Crippen LogP contribution in [0.3, 0.4) is 0 Å². The molecule has 0 aliphatic carbocycles. The molecule has 3 aromatic rings. The third kappa shape index (κ3) is 3.99. The van der Waals surface area contributed by atoms with Gasteiger partial charge in [-0.3, -0.25) is 14.9 Å². The molecule has 0 saturated carbocycles. The van der Waals surface area contributed by atoms with E-state index in [9.17, 15) is 19.7 Å². The van der Waals surface area contributed by atoms with E-state index in [4.69, 9.17) is 9.15 Å². The maximum absolute atomic E-state index is 12.0. The highest BCUT2D eigenvalue weighted by Gasteiger charge is 2.09. The third-order valence-corrected chi connectivity index (χ3v) is 3.30. The predicted octanol–water partition coefficient (Wildman–Crippen LogP) is 2.72. The number of ether oxygens (including phenoxy) is 1. The van der Waals surface area contributed by atoms with Gasteiger partial charge in [-0.1, -0.05) is 6.07 Å². The molecule has 0 aliphatic rings. The molecular formula is C17H12N2O6. The van der Waals surface area contributed by atoms with E-state index >= 15 is 0 Å². The number of carbonyl (C=O) groups excluding carboxylic acids is 1. The Labute approximate surface area is 140 Å². The summed E-state index contributed by atoms with van der Waals surface area (Å²) < 4.78 is 10.3. The Kier molecular flexibility index (Phi) is 4.42. The second-order valence-corrected chi connectivity index (χ2v) is 5.10. The largest absolute Gasteiger partial charge is 0.484 e. The fraction of sp³-hybridized carbons (Fsp3) is 0.0588. The van der Waals surface area contributed by atoms with Crippen molar-refractivity contribution >= 4 is 28.3 Å². The van der Waals surface area contributed by atoms with Crippen LogP contribution in [0.2, 0.25) is 0 Å². The zero-order chi connectivity index (χ0) is 17.8. The lowest BCUT2D eigenvalue weighted by Crippen LogP contribution is -2.20. The number of hydrogen-bond donors (Lipinski definition) is 1. The summed E-state index contributed by atoms with van der Waals surface area (Å²) in [6.45, 7) is -0.303. The molecule has 0 unspecified atom stereocenters. The maximum atomic E-state index is 12.0. The van der Waals surface area contributed by atoms with Gasteiger partial charge in [-0.15, -0.1) is 0 Å². The minimum atomic E-state index is -0.541. The van der Waals surface area contributed by atoms with Crippen LogP contribution in [0.1, 0.15) is 0 Å². The zero-order valence-corrected chi connectivity index (χ0v) is 12.8. The fourth-order valence-electron chi connectivity index (χ4n) is 2.18. The smallest absolute Gasteiger partial charge is 0.336 e. The SMILES string of the molecule is O=C(COc1cccc([N+](=O)[O-])c1)Nc1ccc2oc(=O)ccc2c1. The number of benzene rings is 2. The average molecular weight is 340 g/mol. The van der Waals surface area contributed by atoms with Crippen LogP contribution in [0.4, 0.5) is 11.4 Å². The predicted molar refractivity (Wildman–Crippen MR) is 89.7 cm³/mol. The molecule has 0 bridgehead atoms. The van der Waals surface area contributed by atoms with Crippen molar-refractivity contribution in [2.45, 2.75) is 0 Å². The lowest BCUT2D eigenvalue weighted by atomic mass is 10.2. The summed E-state index contributed by atoms with van der Waals surface area (Å²) in [6, 6.07) is 13.3. The van der Waals surface area contributed by atoms with E-state index in [-0.39, 0.29) is 18.0 Å². The second kappa shape index (κ2) is 6.83. The third-order valence-electron chi connectivity index (χ3n) is 3.30. The number of nitro benzene ring substituents is 1. The number of carbonyl (C=O) groups is 1. The van der Waals surface area contributed by atoms with Crippen LogP contribution in [0.15, 0.2) is 63.8 Å². The summed E-state index contributed by atoms with van der Waals surface area (Å²) in [5.41, 5.74) is 0.357. The Morgan fingerprint density at radius 1 is 1.16 bits per heavy atom. The van der Waals surface area contributed by atoms with Crippen molar-refractivity contribution in [2.75, 3.05) is 11.9 Å². The van der Waals surface area contributed by atoms with Gasteiger partial charge >= 0.3 is 5.63 Å². The van der Waals surface area contributed by atoms with Gasteiger partial charge < -0.3 is 14.5 Å². The summed E-state index contributed by atoms with van der Waals surface area (Å²) in [6.07, 6.45) is 0. The van der Waals surface area contributed by atoms with Gasteiger partial charge in [0.2, 0.25) is 0 Å². The van der Waals surface area contributed by atoms with Crippen LogP contribution >= 0.6 is 0 Å².